The molecule has 2 rings (SSSR count). The van der Waals surface area contributed by atoms with Crippen molar-refractivity contribution in [1.82, 2.24) is 10.3 Å². The van der Waals surface area contributed by atoms with Crippen molar-refractivity contribution in [3.05, 3.63) is 59.7 Å². The highest BCUT2D eigenvalue weighted by molar-refractivity contribution is 5.53. The molecule has 0 radical (unpaired) electrons. The predicted molar refractivity (Wildman–Crippen MR) is 84.8 cm³/mol. The summed E-state index contributed by atoms with van der Waals surface area (Å²) in [5, 5.41) is 3.31. The van der Waals surface area contributed by atoms with Gasteiger partial charge in [-0.1, -0.05) is 25.1 Å². The molecule has 0 saturated heterocycles. The van der Waals surface area contributed by atoms with Gasteiger partial charge in [0.05, 0.1) is 6.04 Å². The number of pyridine rings is 1. The van der Waals surface area contributed by atoms with Crippen LogP contribution in [0.3, 0.4) is 0 Å². The lowest BCUT2D eigenvalue weighted by Crippen LogP contribution is -2.25. The summed E-state index contributed by atoms with van der Waals surface area (Å²) in [6.07, 6.45) is 3.64. The zero-order chi connectivity index (χ0) is 15.2. The van der Waals surface area contributed by atoms with Gasteiger partial charge in [0.2, 0.25) is 0 Å². The molecular weight excluding hydrogens is 265 g/mol. The minimum Gasteiger partial charge on any atom is -0.367 e. The fourth-order valence-corrected chi connectivity index (χ4v) is 2.39. The number of nitrogens with one attached hydrogen (secondary N) is 1. The molecule has 3 nitrogen and oxygen atoms in total. The van der Waals surface area contributed by atoms with E-state index in [4.69, 9.17) is 0 Å². The molecule has 1 N–H and O–H groups in total. The van der Waals surface area contributed by atoms with E-state index in [1.165, 1.54) is 6.07 Å². The topological polar surface area (TPSA) is 28.2 Å². The number of anilines is 1. The van der Waals surface area contributed by atoms with Crippen LogP contribution in [0, 0.1) is 5.82 Å². The Kier molecular flexibility index (Phi) is 5.28. The lowest BCUT2D eigenvalue weighted by atomic mass is 10.1. The summed E-state index contributed by atoms with van der Waals surface area (Å²) in [6.45, 7) is 5.74. The minimum absolute atomic E-state index is 0.0472. The van der Waals surface area contributed by atoms with Crippen LogP contribution in [0.2, 0.25) is 0 Å². The van der Waals surface area contributed by atoms with Crippen molar-refractivity contribution >= 4 is 5.69 Å². The Bertz CT molecular complexity index is 586. The smallest absolute Gasteiger partial charge is 0.128 e. The molecule has 1 aromatic heterocycles. The third-order valence-corrected chi connectivity index (χ3v) is 3.76. The van der Waals surface area contributed by atoms with Gasteiger partial charge in [-0.05, 0) is 25.6 Å². The first kappa shape index (κ1) is 15.4. The van der Waals surface area contributed by atoms with Crippen LogP contribution in [-0.4, -0.2) is 18.6 Å². The van der Waals surface area contributed by atoms with Crippen LogP contribution < -0.4 is 10.2 Å². The highest BCUT2D eigenvalue weighted by Gasteiger charge is 2.17. The number of aromatic nitrogens is 1. The molecule has 0 aliphatic heterocycles. The Labute approximate surface area is 125 Å². The van der Waals surface area contributed by atoms with Gasteiger partial charge in [-0.25, -0.2) is 4.39 Å². The maximum absolute atomic E-state index is 14.0. The summed E-state index contributed by atoms with van der Waals surface area (Å²) in [5.41, 5.74) is 2.89. The zero-order valence-corrected chi connectivity index (χ0v) is 12.8. The fourth-order valence-electron chi connectivity index (χ4n) is 2.39. The molecule has 0 saturated carbocycles. The van der Waals surface area contributed by atoms with Crippen molar-refractivity contribution in [2.24, 2.45) is 0 Å². The maximum Gasteiger partial charge on any atom is 0.128 e. The van der Waals surface area contributed by atoms with Crippen molar-refractivity contribution in [3.63, 3.8) is 0 Å². The fraction of sp³-hybridized carbons (Fsp3) is 0.353. The third-order valence-electron chi connectivity index (χ3n) is 3.76. The van der Waals surface area contributed by atoms with Crippen LogP contribution in [-0.2, 0) is 6.54 Å². The number of halogens is 1. The van der Waals surface area contributed by atoms with Gasteiger partial charge < -0.3 is 10.2 Å². The average molecular weight is 287 g/mol. The Hall–Kier alpha value is -1.94. The SMILES string of the molecule is CCNCc1cnccc1N(C)C(C)c1ccccc1F. The lowest BCUT2D eigenvalue weighted by Gasteiger charge is -2.29. The highest BCUT2D eigenvalue weighted by Crippen LogP contribution is 2.28. The minimum atomic E-state index is -0.167. The summed E-state index contributed by atoms with van der Waals surface area (Å²) in [6, 6.07) is 8.86. The summed E-state index contributed by atoms with van der Waals surface area (Å²) in [4.78, 5) is 6.28. The first-order valence-corrected chi connectivity index (χ1v) is 7.26. The summed E-state index contributed by atoms with van der Waals surface area (Å²) < 4.78 is 14.0. The number of benzene rings is 1. The molecule has 112 valence electrons. The molecule has 21 heavy (non-hydrogen) atoms. The van der Waals surface area contributed by atoms with Crippen molar-refractivity contribution in [2.75, 3.05) is 18.5 Å². The molecule has 0 bridgehead atoms. The average Bonchev–Trinajstić information content (AvgIpc) is 2.52. The summed E-state index contributed by atoms with van der Waals surface area (Å²) in [7, 11) is 1.99. The largest absolute Gasteiger partial charge is 0.367 e. The van der Waals surface area contributed by atoms with Gasteiger partial charge in [-0.15, -0.1) is 0 Å². The molecule has 0 amide bonds. The lowest BCUT2D eigenvalue weighted by molar-refractivity contribution is 0.584. The van der Waals surface area contributed by atoms with Crippen LogP contribution in [0.4, 0.5) is 10.1 Å². The normalized spacial score (nSPS) is 12.2. The van der Waals surface area contributed by atoms with Crippen LogP contribution in [0.15, 0.2) is 42.7 Å². The first-order valence-electron chi connectivity index (χ1n) is 7.26. The van der Waals surface area contributed by atoms with E-state index in [9.17, 15) is 4.39 Å². The molecule has 0 aliphatic rings. The number of rotatable bonds is 6. The Morgan fingerprint density at radius 3 is 2.76 bits per heavy atom. The predicted octanol–water partition coefficient (Wildman–Crippen LogP) is 3.53. The van der Waals surface area contributed by atoms with Crippen LogP contribution in [0.5, 0.6) is 0 Å². The summed E-state index contributed by atoms with van der Waals surface area (Å²) in [5.74, 6) is -0.167. The molecule has 1 unspecified atom stereocenters. The number of nitrogens with zero attached hydrogens (tertiary/aromatic N) is 2. The van der Waals surface area contributed by atoms with Crippen LogP contribution in [0.1, 0.15) is 31.0 Å². The van der Waals surface area contributed by atoms with Gasteiger partial charge in [-0.2, -0.15) is 0 Å². The molecule has 0 spiro atoms. The van der Waals surface area contributed by atoms with Gasteiger partial charge in [0.15, 0.2) is 0 Å². The van der Waals surface area contributed by atoms with Crippen molar-refractivity contribution in [2.45, 2.75) is 26.4 Å². The second-order valence-electron chi connectivity index (χ2n) is 5.09. The van der Waals surface area contributed by atoms with Gasteiger partial charge in [0, 0.05) is 42.8 Å². The van der Waals surface area contributed by atoms with Gasteiger partial charge in [0.1, 0.15) is 5.82 Å². The van der Waals surface area contributed by atoms with E-state index in [1.807, 2.05) is 38.4 Å². The zero-order valence-electron chi connectivity index (χ0n) is 12.8. The summed E-state index contributed by atoms with van der Waals surface area (Å²) >= 11 is 0. The van der Waals surface area contributed by atoms with E-state index >= 15 is 0 Å². The molecule has 1 atom stereocenters. The van der Waals surface area contributed by atoms with E-state index in [-0.39, 0.29) is 11.9 Å². The standard InChI is InChI=1S/C17H22FN3/c1-4-19-11-14-12-20-10-9-17(14)21(3)13(2)15-7-5-6-8-16(15)18/h5-10,12-13,19H,4,11H2,1-3H3. The Balaban J connectivity index is 2.27. The quantitative estimate of drug-likeness (QED) is 0.881. The second kappa shape index (κ2) is 7.18. The van der Waals surface area contributed by atoms with Crippen LogP contribution >= 0.6 is 0 Å². The highest BCUT2D eigenvalue weighted by atomic mass is 19.1. The first-order chi connectivity index (χ1) is 10.1. The van der Waals surface area contributed by atoms with Crippen molar-refractivity contribution < 1.29 is 4.39 Å². The Morgan fingerprint density at radius 1 is 1.29 bits per heavy atom. The van der Waals surface area contributed by atoms with E-state index in [2.05, 4.69) is 22.1 Å². The maximum atomic E-state index is 14.0. The van der Waals surface area contributed by atoms with Crippen molar-refractivity contribution in [3.8, 4) is 0 Å². The Morgan fingerprint density at radius 2 is 2.05 bits per heavy atom. The molecule has 1 aromatic carbocycles. The van der Waals surface area contributed by atoms with E-state index in [0.29, 0.717) is 5.56 Å². The third kappa shape index (κ3) is 3.58. The molecule has 0 aliphatic carbocycles. The molecule has 4 heteroatoms. The molecule has 2 aromatic rings. The molecular formula is C17H22FN3. The van der Waals surface area contributed by atoms with E-state index < -0.39 is 0 Å². The van der Waals surface area contributed by atoms with Gasteiger partial charge >= 0.3 is 0 Å². The van der Waals surface area contributed by atoms with Crippen LogP contribution in [0.25, 0.3) is 0 Å². The van der Waals surface area contributed by atoms with Gasteiger partial charge in [0.25, 0.3) is 0 Å². The van der Waals surface area contributed by atoms with E-state index in [1.54, 1.807) is 12.3 Å². The monoisotopic (exact) mass is 287 g/mol. The second-order valence-corrected chi connectivity index (χ2v) is 5.09. The molecule has 0 fully saturated rings. The number of hydrogen-bond donors (Lipinski definition) is 1. The number of hydrogen-bond acceptors (Lipinski definition) is 3. The van der Waals surface area contributed by atoms with Gasteiger partial charge in [-0.3, -0.25) is 4.98 Å². The van der Waals surface area contributed by atoms with Crippen molar-refractivity contribution in [1.29, 1.82) is 0 Å². The molecule has 1 heterocycles. The van der Waals surface area contributed by atoms with E-state index in [0.717, 1.165) is 24.3 Å².